The molecule has 6 nitrogen and oxygen atoms in total. The SMILES string of the molecule is CC(C)N(CCOc1ccc(N)c2nonc12)C(C)C. The molecule has 110 valence electrons. The summed E-state index contributed by atoms with van der Waals surface area (Å²) in [7, 11) is 0. The van der Waals surface area contributed by atoms with E-state index >= 15 is 0 Å². The maximum absolute atomic E-state index is 5.80. The summed E-state index contributed by atoms with van der Waals surface area (Å²) < 4.78 is 10.5. The number of ether oxygens (including phenoxy) is 1. The van der Waals surface area contributed by atoms with Gasteiger partial charge in [0, 0.05) is 18.6 Å². The number of anilines is 1. The Morgan fingerprint density at radius 2 is 1.80 bits per heavy atom. The fraction of sp³-hybridized carbons (Fsp3) is 0.571. The van der Waals surface area contributed by atoms with E-state index in [9.17, 15) is 0 Å². The average Bonchev–Trinajstić information content (AvgIpc) is 2.86. The van der Waals surface area contributed by atoms with E-state index in [1.54, 1.807) is 12.1 Å². The number of hydrogen-bond acceptors (Lipinski definition) is 6. The summed E-state index contributed by atoms with van der Waals surface area (Å²) in [6.45, 7) is 10.2. The Morgan fingerprint density at radius 3 is 2.45 bits per heavy atom. The van der Waals surface area contributed by atoms with Crippen LogP contribution in [0.25, 0.3) is 11.0 Å². The van der Waals surface area contributed by atoms with Gasteiger partial charge in [-0.2, -0.15) is 0 Å². The lowest BCUT2D eigenvalue weighted by atomic mass is 10.2. The third-order valence-corrected chi connectivity index (χ3v) is 3.34. The molecule has 0 bridgehead atoms. The zero-order valence-corrected chi connectivity index (χ0v) is 12.5. The first-order valence-electron chi connectivity index (χ1n) is 6.90. The maximum Gasteiger partial charge on any atom is 0.179 e. The molecular formula is C14H22N4O2. The van der Waals surface area contributed by atoms with Crippen LogP contribution in [-0.2, 0) is 0 Å². The van der Waals surface area contributed by atoms with E-state index < -0.39 is 0 Å². The zero-order chi connectivity index (χ0) is 14.7. The molecule has 0 amide bonds. The van der Waals surface area contributed by atoms with Crippen LogP contribution in [0, 0.1) is 0 Å². The van der Waals surface area contributed by atoms with Gasteiger partial charge in [0.25, 0.3) is 0 Å². The Balaban J connectivity index is 2.03. The smallest absolute Gasteiger partial charge is 0.179 e. The molecule has 0 atom stereocenters. The molecule has 0 unspecified atom stereocenters. The lowest BCUT2D eigenvalue weighted by Gasteiger charge is -2.30. The Hall–Kier alpha value is -1.82. The standard InChI is InChI=1S/C14H22N4O2/c1-9(2)18(10(3)4)7-8-19-12-6-5-11(15)13-14(12)17-20-16-13/h5-6,9-10H,7-8,15H2,1-4H3. The van der Waals surface area contributed by atoms with Crippen molar-refractivity contribution >= 4 is 16.7 Å². The topological polar surface area (TPSA) is 77.4 Å². The highest BCUT2D eigenvalue weighted by Crippen LogP contribution is 2.27. The first kappa shape index (κ1) is 14.6. The Morgan fingerprint density at radius 1 is 1.15 bits per heavy atom. The third-order valence-electron chi connectivity index (χ3n) is 3.34. The second-order valence-electron chi connectivity index (χ2n) is 5.39. The summed E-state index contributed by atoms with van der Waals surface area (Å²) in [6.07, 6.45) is 0. The highest BCUT2D eigenvalue weighted by Gasteiger charge is 2.14. The Labute approximate surface area is 118 Å². The Kier molecular flexibility index (Phi) is 4.44. The molecule has 0 saturated carbocycles. The van der Waals surface area contributed by atoms with Crippen LogP contribution >= 0.6 is 0 Å². The number of hydrogen-bond donors (Lipinski definition) is 1. The summed E-state index contributed by atoms with van der Waals surface area (Å²) in [4.78, 5) is 2.37. The van der Waals surface area contributed by atoms with Crippen molar-refractivity contribution in [3.05, 3.63) is 12.1 Å². The summed E-state index contributed by atoms with van der Waals surface area (Å²) in [5.41, 5.74) is 7.46. The van der Waals surface area contributed by atoms with E-state index in [1.807, 2.05) is 0 Å². The van der Waals surface area contributed by atoms with Crippen LogP contribution in [0.15, 0.2) is 16.8 Å². The van der Waals surface area contributed by atoms with E-state index in [0.29, 0.717) is 41.2 Å². The van der Waals surface area contributed by atoms with Gasteiger partial charge in [0.1, 0.15) is 6.61 Å². The van der Waals surface area contributed by atoms with Crippen molar-refractivity contribution in [3.63, 3.8) is 0 Å². The predicted molar refractivity (Wildman–Crippen MR) is 78.7 cm³/mol. The number of rotatable bonds is 6. The molecular weight excluding hydrogens is 256 g/mol. The molecule has 1 aromatic heterocycles. The summed E-state index contributed by atoms with van der Waals surface area (Å²) >= 11 is 0. The highest BCUT2D eigenvalue weighted by atomic mass is 16.6. The Bertz CT molecular complexity index is 557. The third kappa shape index (κ3) is 3.01. The van der Waals surface area contributed by atoms with E-state index in [4.69, 9.17) is 15.1 Å². The van der Waals surface area contributed by atoms with Crippen LogP contribution in [0.1, 0.15) is 27.7 Å². The number of nitrogens with zero attached hydrogens (tertiary/aromatic N) is 3. The number of benzene rings is 1. The van der Waals surface area contributed by atoms with E-state index in [-0.39, 0.29) is 0 Å². The van der Waals surface area contributed by atoms with Crippen LogP contribution in [0.2, 0.25) is 0 Å². The minimum absolute atomic E-state index is 0.485. The zero-order valence-electron chi connectivity index (χ0n) is 12.5. The maximum atomic E-state index is 5.80. The van der Waals surface area contributed by atoms with Gasteiger partial charge in [-0.05, 0) is 50.1 Å². The van der Waals surface area contributed by atoms with Crippen molar-refractivity contribution in [2.24, 2.45) is 0 Å². The van der Waals surface area contributed by atoms with E-state index in [2.05, 4.69) is 42.9 Å². The molecule has 6 heteroatoms. The van der Waals surface area contributed by atoms with Gasteiger partial charge in [-0.15, -0.1) is 0 Å². The molecule has 20 heavy (non-hydrogen) atoms. The molecule has 2 N–H and O–H groups in total. The molecule has 0 aliphatic heterocycles. The molecule has 2 aromatic rings. The van der Waals surface area contributed by atoms with Crippen molar-refractivity contribution < 1.29 is 9.37 Å². The molecule has 0 fully saturated rings. The van der Waals surface area contributed by atoms with Gasteiger partial charge >= 0.3 is 0 Å². The van der Waals surface area contributed by atoms with Crippen molar-refractivity contribution in [1.82, 2.24) is 15.2 Å². The first-order chi connectivity index (χ1) is 9.50. The predicted octanol–water partition coefficient (Wildman–Crippen LogP) is 2.30. The molecule has 0 spiro atoms. The minimum atomic E-state index is 0.485. The van der Waals surface area contributed by atoms with Crippen molar-refractivity contribution in [2.75, 3.05) is 18.9 Å². The molecule has 1 heterocycles. The van der Waals surface area contributed by atoms with Crippen LogP contribution in [0.5, 0.6) is 5.75 Å². The molecule has 1 aromatic carbocycles. The normalized spacial score (nSPS) is 11.9. The molecule has 0 aliphatic carbocycles. The van der Waals surface area contributed by atoms with Crippen LogP contribution in [0.3, 0.4) is 0 Å². The molecule has 0 radical (unpaired) electrons. The second-order valence-corrected chi connectivity index (χ2v) is 5.39. The van der Waals surface area contributed by atoms with Crippen molar-refractivity contribution in [3.8, 4) is 5.75 Å². The number of nitrogens with two attached hydrogens (primary N) is 1. The summed E-state index contributed by atoms with van der Waals surface area (Å²) in [6, 6.07) is 4.53. The lowest BCUT2D eigenvalue weighted by molar-refractivity contribution is 0.142. The van der Waals surface area contributed by atoms with Crippen molar-refractivity contribution in [1.29, 1.82) is 0 Å². The van der Waals surface area contributed by atoms with Crippen molar-refractivity contribution in [2.45, 2.75) is 39.8 Å². The van der Waals surface area contributed by atoms with E-state index in [1.165, 1.54) is 0 Å². The highest BCUT2D eigenvalue weighted by molar-refractivity contribution is 5.90. The van der Waals surface area contributed by atoms with Gasteiger partial charge in [0.05, 0.1) is 5.69 Å². The van der Waals surface area contributed by atoms with Crippen LogP contribution < -0.4 is 10.5 Å². The van der Waals surface area contributed by atoms with Gasteiger partial charge in [0.15, 0.2) is 16.8 Å². The van der Waals surface area contributed by atoms with Gasteiger partial charge in [-0.25, -0.2) is 4.63 Å². The molecule has 2 rings (SSSR count). The fourth-order valence-corrected chi connectivity index (χ4v) is 2.35. The lowest BCUT2D eigenvalue weighted by Crippen LogP contribution is -2.39. The number of fused-ring (bicyclic) bond motifs is 1. The van der Waals surface area contributed by atoms with E-state index in [0.717, 1.165) is 6.54 Å². The van der Waals surface area contributed by atoms with Crippen LogP contribution in [-0.4, -0.2) is 40.4 Å². The average molecular weight is 278 g/mol. The minimum Gasteiger partial charge on any atom is -0.490 e. The quantitative estimate of drug-likeness (QED) is 0.817. The second kappa shape index (κ2) is 6.09. The summed E-state index contributed by atoms with van der Waals surface area (Å²) in [5.74, 6) is 0.655. The van der Waals surface area contributed by atoms with Gasteiger partial charge in [-0.3, -0.25) is 4.90 Å². The molecule has 0 aliphatic rings. The number of aromatic nitrogens is 2. The summed E-state index contributed by atoms with van der Waals surface area (Å²) in [5, 5.41) is 7.62. The first-order valence-corrected chi connectivity index (χ1v) is 6.90. The van der Waals surface area contributed by atoms with Crippen LogP contribution in [0.4, 0.5) is 5.69 Å². The fourth-order valence-electron chi connectivity index (χ4n) is 2.35. The van der Waals surface area contributed by atoms with Gasteiger partial charge in [-0.1, -0.05) is 0 Å². The largest absolute Gasteiger partial charge is 0.490 e. The number of nitrogen functional groups attached to an aromatic ring is 1. The van der Waals surface area contributed by atoms with Gasteiger partial charge < -0.3 is 10.5 Å². The van der Waals surface area contributed by atoms with Gasteiger partial charge in [0.2, 0.25) is 0 Å². The molecule has 0 saturated heterocycles. The monoisotopic (exact) mass is 278 g/mol.